The molecule has 0 saturated heterocycles. The lowest BCUT2D eigenvalue weighted by atomic mass is 10.2. The molecule has 0 radical (unpaired) electrons. The molecule has 1 atom stereocenters. The number of hydrogen-bond acceptors (Lipinski definition) is 5. The van der Waals surface area contributed by atoms with Crippen LogP contribution >= 0.6 is 0 Å². The van der Waals surface area contributed by atoms with Gasteiger partial charge in [-0.05, 0) is 38.1 Å². The number of non-ortho nitro benzene ring substituents is 1. The van der Waals surface area contributed by atoms with Crippen molar-refractivity contribution in [3.05, 3.63) is 58.6 Å². The quantitative estimate of drug-likeness (QED) is 0.620. The van der Waals surface area contributed by atoms with Gasteiger partial charge in [0.1, 0.15) is 11.5 Å². The normalized spacial score (nSPS) is 11.4. The predicted molar refractivity (Wildman–Crippen MR) is 89.4 cm³/mol. The average molecular weight is 330 g/mol. The molecule has 24 heavy (non-hydrogen) atoms. The van der Waals surface area contributed by atoms with E-state index < -0.39 is 11.0 Å². The van der Waals surface area contributed by atoms with Crippen molar-refractivity contribution < 1.29 is 19.2 Å². The van der Waals surface area contributed by atoms with Crippen LogP contribution in [0.1, 0.15) is 13.8 Å². The van der Waals surface area contributed by atoms with E-state index in [1.165, 1.54) is 24.3 Å². The highest BCUT2D eigenvalue weighted by molar-refractivity contribution is 5.94. The maximum atomic E-state index is 12.2. The lowest BCUT2D eigenvalue weighted by molar-refractivity contribution is -0.384. The molecule has 0 aliphatic carbocycles. The first-order chi connectivity index (χ1) is 11.5. The molecule has 0 aliphatic rings. The van der Waals surface area contributed by atoms with Gasteiger partial charge in [0.05, 0.1) is 11.5 Å². The molecular formula is C17H18N2O5. The summed E-state index contributed by atoms with van der Waals surface area (Å²) in [5.74, 6) is 0.715. The highest BCUT2D eigenvalue weighted by atomic mass is 16.6. The molecular weight excluding hydrogens is 312 g/mol. The zero-order chi connectivity index (χ0) is 17.5. The van der Waals surface area contributed by atoms with Crippen LogP contribution in [0, 0.1) is 10.1 Å². The lowest BCUT2D eigenvalue weighted by Crippen LogP contribution is -2.30. The van der Waals surface area contributed by atoms with E-state index in [-0.39, 0.29) is 11.6 Å². The van der Waals surface area contributed by atoms with Crippen LogP contribution in [0.25, 0.3) is 0 Å². The van der Waals surface area contributed by atoms with Crippen LogP contribution in [0.2, 0.25) is 0 Å². The molecule has 1 N–H and O–H groups in total. The highest BCUT2D eigenvalue weighted by Gasteiger charge is 2.16. The molecule has 7 nitrogen and oxygen atoms in total. The van der Waals surface area contributed by atoms with E-state index in [2.05, 4.69) is 5.32 Å². The van der Waals surface area contributed by atoms with Crippen LogP contribution in [-0.4, -0.2) is 23.5 Å². The monoisotopic (exact) mass is 330 g/mol. The molecule has 2 aromatic carbocycles. The van der Waals surface area contributed by atoms with Gasteiger partial charge in [0.2, 0.25) is 0 Å². The van der Waals surface area contributed by atoms with E-state index in [1.54, 1.807) is 31.2 Å². The van der Waals surface area contributed by atoms with E-state index in [0.717, 1.165) is 0 Å². The van der Waals surface area contributed by atoms with Crippen LogP contribution in [0.5, 0.6) is 11.5 Å². The number of carbonyl (C=O) groups is 1. The molecule has 0 heterocycles. The van der Waals surface area contributed by atoms with Crippen LogP contribution in [-0.2, 0) is 4.79 Å². The van der Waals surface area contributed by atoms with Gasteiger partial charge in [-0.1, -0.05) is 6.07 Å². The molecule has 0 bridgehead atoms. The summed E-state index contributed by atoms with van der Waals surface area (Å²) in [4.78, 5) is 22.3. The Morgan fingerprint density at radius 2 is 1.92 bits per heavy atom. The molecule has 2 aromatic rings. The highest BCUT2D eigenvalue weighted by Crippen LogP contribution is 2.20. The Hall–Kier alpha value is -3.09. The second-order valence-corrected chi connectivity index (χ2v) is 4.96. The number of nitrogens with zero attached hydrogens (tertiary/aromatic N) is 1. The number of anilines is 1. The Morgan fingerprint density at radius 3 is 2.54 bits per heavy atom. The van der Waals surface area contributed by atoms with Crippen molar-refractivity contribution in [2.75, 3.05) is 11.9 Å². The van der Waals surface area contributed by atoms with Gasteiger partial charge in [-0.15, -0.1) is 0 Å². The summed E-state index contributed by atoms with van der Waals surface area (Å²) in [6.45, 7) is 4.02. The smallest absolute Gasteiger partial charge is 0.269 e. The number of hydrogen-bond donors (Lipinski definition) is 1. The average Bonchev–Trinajstić information content (AvgIpc) is 2.56. The number of nitro groups is 1. The molecule has 0 spiro atoms. The standard InChI is InChI=1S/C17H18N2O5/c1-3-23-16-6-4-5-13(11-16)18-17(20)12(2)24-15-9-7-14(8-10-15)19(21)22/h4-12H,3H2,1-2H3,(H,18,20). The van der Waals surface area contributed by atoms with Crippen molar-refractivity contribution >= 4 is 17.3 Å². The number of carbonyl (C=O) groups excluding carboxylic acids is 1. The largest absolute Gasteiger partial charge is 0.494 e. The Bertz CT molecular complexity index is 715. The van der Waals surface area contributed by atoms with Gasteiger partial charge in [-0.2, -0.15) is 0 Å². The van der Waals surface area contributed by atoms with Gasteiger partial charge >= 0.3 is 0 Å². The third-order valence-electron chi connectivity index (χ3n) is 3.14. The van der Waals surface area contributed by atoms with Gasteiger partial charge in [0, 0.05) is 23.9 Å². The predicted octanol–water partition coefficient (Wildman–Crippen LogP) is 3.40. The third-order valence-corrected chi connectivity index (χ3v) is 3.14. The summed E-state index contributed by atoms with van der Waals surface area (Å²) in [5.41, 5.74) is 0.567. The minimum atomic E-state index is -0.762. The maximum absolute atomic E-state index is 12.2. The summed E-state index contributed by atoms with van der Waals surface area (Å²) >= 11 is 0. The minimum Gasteiger partial charge on any atom is -0.494 e. The topological polar surface area (TPSA) is 90.7 Å². The van der Waals surface area contributed by atoms with Crippen LogP contribution in [0.3, 0.4) is 0 Å². The molecule has 2 rings (SSSR count). The van der Waals surface area contributed by atoms with Crippen LogP contribution in [0.15, 0.2) is 48.5 Å². The van der Waals surface area contributed by atoms with Crippen molar-refractivity contribution in [2.24, 2.45) is 0 Å². The molecule has 1 amide bonds. The molecule has 0 fully saturated rings. The Balaban J connectivity index is 1.96. The van der Waals surface area contributed by atoms with Crippen molar-refractivity contribution in [1.82, 2.24) is 0 Å². The second-order valence-electron chi connectivity index (χ2n) is 4.96. The number of nitrogens with one attached hydrogen (secondary N) is 1. The van der Waals surface area contributed by atoms with Crippen molar-refractivity contribution in [3.63, 3.8) is 0 Å². The fourth-order valence-corrected chi connectivity index (χ4v) is 1.98. The van der Waals surface area contributed by atoms with Crippen LogP contribution in [0.4, 0.5) is 11.4 Å². The van der Waals surface area contributed by atoms with Crippen molar-refractivity contribution in [2.45, 2.75) is 20.0 Å². The summed E-state index contributed by atoms with van der Waals surface area (Å²) in [6, 6.07) is 12.6. The number of amides is 1. The fraction of sp³-hybridized carbons (Fsp3) is 0.235. The number of ether oxygens (including phenoxy) is 2. The molecule has 7 heteroatoms. The fourth-order valence-electron chi connectivity index (χ4n) is 1.98. The molecule has 0 aromatic heterocycles. The SMILES string of the molecule is CCOc1cccc(NC(=O)C(C)Oc2ccc([N+](=O)[O-])cc2)c1. The van der Waals surface area contributed by atoms with E-state index >= 15 is 0 Å². The zero-order valence-electron chi connectivity index (χ0n) is 13.4. The van der Waals surface area contributed by atoms with Gasteiger partial charge in [0.25, 0.3) is 11.6 Å². The first-order valence-corrected chi connectivity index (χ1v) is 7.44. The lowest BCUT2D eigenvalue weighted by Gasteiger charge is -2.15. The van der Waals surface area contributed by atoms with Gasteiger partial charge in [0.15, 0.2) is 6.10 Å². The Kier molecular flexibility index (Phi) is 5.73. The number of benzene rings is 2. The number of rotatable bonds is 7. The summed E-state index contributed by atoms with van der Waals surface area (Å²) in [7, 11) is 0. The molecule has 0 saturated carbocycles. The second kappa shape index (κ2) is 7.96. The van der Waals surface area contributed by atoms with Crippen LogP contribution < -0.4 is 14.8 Å². The van der Waals surface area contributed by atoms with Gasteiger partial charge in [-0.25, -0.2) is 0 Å². The number of nitro benzene ring substituents is 1. The van der Waals surface area contributed by atoms with Crippen molar-refractivity contribution in [1.29, 1.82) is 0 Å². The Morgan fingerprint density at radius 1 is 1.21 bits per heavy atom. The summed E-state index contributed by atoms with van der Waals surface area (Å²) in [5, 5.41) is 13.3. The molecule has 126 valence electrons. The minimum absolute atomic E-state index is 0.0350. The summed E-state index contributed by atoms with van der Waals surface area (Å²) < 4.78 is 10.9. The molecule has 1 unspecified atom stereocenters. The van der Waals surface area contributed by atoms with Crippen molar-refractivity contribution in [3.8, 4) is 11.5 Å². The maximum Gasteiger partial charge on any atom is 0.269 e. The summed E-state index contributed by atoms with van der Waals surface area (Å²) in [6.07, 6.45) is -0.762. The zero-order valence-corrected chi connectivity index (χ0v) is 13.4. The third kappa shape index (κ3) is 4.70. The molecule has 0 aliphatic heterocycles. The van der Waals surface area contributed by atoms with E-state index in [1.807, 2.05) is 6.92 Å². The van der Waals surface area contributed by atoms with Gasteiger partial charge < -0.3 is 14.8 Å². The first-order valence-electron chi connectivity index (χ1n) is 7.44. The first kappa shape index (κ1) is 17.3. The van der Waals surface area contributed by atoms with E-state index in [0.29, 0.717) is 23.8 Å². The van der Waals surface area contributed by atoms with E-state index in [4.69, 9.17) is 9.47 Å². The van der Waals surface area contributed by atoms with E-state index in [9.17, 15) is 14.9 Å². The Labute approximate surface area is 139 Å². The van der Waals surface area contributed by atoms with Gasteiger partial charge in [-0.3, -0.25) is 14.9 Å².